The molecule has 2 heterocycles. The Balaban J connectivity index is 2.02. The van der Waals surface area contributed by atoms with Gasteiger partial charge in [0.1, 0.15) is 5.82 Å². The lowest BCUT2D eigenvalue weighted by molar-refractivity contribution is 0.197. The van der Waals surface area contributed by atoms with Crippen LogP contribution in [0.25, 0.3) is 16.9 Å². The van der Waals surface area contributed by atoms with Gasteiger partial charge in [0.2, 0.25) is 0 Å². The van der Waals surface area contributed by atoms with Gasteiger partial charge in [0.25, 0.3) is 0 Å². The highest BCUT2D eigenvalue weighted by Gasteiger charge is 2.12. The molecule has 1 aromatic carbocycles. The largest absolute Gasteiger partial charge is 0.385 e. The molecule has 0 radical (unpaired) electrons. The number of aromatic nitrogens is 3. The second kappa shape index (κ2) is 7.10. The summed E-state index contributed by atoms with van der Waals surface area (Å²) in [7, 11) is 1.71. The van der Waals surface area contributed by atoms with Crippen LogP contribution in [0.4, 0.5) is 5.82 Å². The van der Waals surface area contributed by atoms with Crippen molar-refractivity contribution in [1.82, 2.24) is 14.6 Å². The molecule has 0 aliphatic rings. The average molecular weight is 375 g/mol. The Hall–Kier alpha value is -1.92. The molecule has 6 heteroatoms. The van der Waals surface area contributed by atoms with Gasteiger partial charge in [-0.25, -0.2) is 4.98 Å². The van der Waals surface area contributed by atoms with Crippen LogP contribution in [0.1, 0.15) is 12.0 Å². The van der Waals surface area contributed by atoms with E-state index in [0.29, 0.717) is 0 Å². The zero-order chi connectivity index (χ0) is 16.2. The lowest BCUT2D eigenvalue weighted by atomic mass is 10.1. The minimum atomic E-state index is 0.731. The first-order valence-electron chi connectivity index (χ1n) is 7.54. The van der Waals surface area contributed by atoms with Gasteiger partial charge in [0.05, 0.1) is 16.4 Å². The molecule has 0 bridgehead atoms. The summed E-state index contributed by atoms with van der Waals surface area (Å²) in [5, 5.41) is 7.81. The molecule has 1 N–H and O–H groups in total. The van der Waals surface area contributed by atoms with Crippen LogP contribution in [0.5, 0.6) is 0 Å². The molecular weight excluding hydrogens is 356 g/mol. The Labute approximate surface area is 143 Å². The van der Waals surface area contributed by atoms with Crippen molar-refractivity contribution in [3.05, 3.63) is 46.6 Å². The molecule has 3 aromatic rings. The smallest absolute Gasteiger partial charge is 0.172 e. The number of nitrogens with one attached hydrogen (secondary N) is 1. The van der Waals surface area contributed by atoms with Crippen molar-refractivity contribution in [1.29, 1.82) is 0 Å². The van der Waals surface area contributed by atoms with Crippen LogP contribution < -0.4 is 5.32 Å². The van der Waals surface area contributed by atoms with Crippen LogP contribution in [0, 0.1) is 6.92 Å². The average Bonchev–Trinajstić information content (AvgIpc) is 2.93. The minimum absolute atomic E-state index is 0.731. The molecular formula is C17H19BrN4O. The molecule has 0 fully saturated rings. The highest BCUT2D eigenvalue weighted by atomic mass is 79.9. The lowest BCUT2D eigenvalue weighted by Gasteiger charge is -2.12. The first-order chi connectivity index (χ1) is 11.2. The highest BCUT2D eigenvalue weighted by molar-refractivity contribution is 9.10. The molecule has 0 unspecified atom stereocenters. The maximum Gasteiger partial charge on any atom is 0.172 e. The maximum atomic E-state index is 5.10. The van der Waals surface area contributed by atoms with E-state index >= 15 is 0 Å². The van der Waals surface area contributed by atoms with E-state index in [9.17, 15) is 0 Å². The van der Waals surface area contributed by atoms with Crippen molar-refractivity contribution >= 4 is 27.4 Å². The monoisotopic (exact) mass is 374 g/mol. The number of benzene rings is 1. The van der Waals surface area contributed by atoms with E-state index in [-0.39, 0.29) is 0 Å². The van der Waals surface area contributed by atoms with Crippen molar-refractivity contribution in [2.24, 2.45) is 0 Å². The van der Waals surface area contributed by atoms with Crippen LogP contribution in [0.15, 0.2) is 41.0 Å². The number of fused-ring (bicyclic) bond motifs is 1. The van der Waals surface area contributed by atoms with Crippen molar-refractivity contribution in [2.45, 2.75) is 13.3 Å². The van der Waals surface area contributed by atoms with Crippen LogP contribution in [-0.2, 0) is 4.74 Å². The third kappa shape index (κ3) is 3.38. The van der Waals surface area contributed by atoms with E-state index < -0.39 is 0 Å². The number of ether oxygens (including phenoxy) is 1. The third-order valence-corrected chi connectivity index (χ3v) is 4.24. The van der Waals surface area contributed by atoms with Gasteiger partial charge in [0.15, 0.2) is 5.65 Å². The zero-order valence-electron chi connectivity index (χ0n) is 13.2. The summed E-state index contributed by atoms with van der Waals surface area (Å²) in [4.78, 5) is 4.76. The Bertz CT molecular complexity index is 815. The first kappa shape index (κ1) is 16.0. The second-order valence-corrected chi connectivity index (χ2v) is 6.20. The Morgan fingerprint density at radius 1 is 1.30 bits per heavy atom. The standard InChI is InChI=1S/C17H19BrN4O/c1-12-6-3-4-7-13(12)15-10-16(19-8-5-9-23-2)22-17(21-15)14(18)11-20-22/h3-4,6-7,10-11,19H,5,8-9H2,1-2H3. The lowest BCUT2D eigenvalue weighted by Crippen LogP contribution is -2.09. The van der Waals surface area contributed by atoms with E-state index in [1.807, 2.05) is 22.7 Å². The van der Waals surface area contributed by atoms with E-state index in [4.69, 9.17) is 9.72 Å². The highest BCUT2D eigenvalue weighted by Crippen LogP contribution is 2.27. The Morgan fingerprint density at radius 2 is 2.13 bits per heavy atom. The van der Waals surface area contributed by atoms with Crippen LogP contribution in [0.3, 0.4) is 0 Å². The molecule has 3 rings (SSSR count). The van der Waals surface area contributed by atoms with Gasteiger partial charge in [-0.15, -0.1) is 0 Å². The third-order valence-electron chi connectivity index (χ3n) is 3.68. The normalized spacial score (nSPS) is 11.1. The minimum Gasteiger partial charge on any atom is -0.385 e. The van der Waals surface area contributed by atoms with Crippen LogP contribution in [-0.4, -0.2) is 34.9 Å². The molecule has 0 aliphatic heterocycles. The fourth-order valence-electron chi connectivity index (χ4n) is 2.49. The molecule has 0 aliphatic carbocycles. The van der Waals surface area contributed by atoms with E-state index in [1.165, 1.54) is 5.56 Å². The number of nitrogens with zero attached hydrogens (tertiary/aromatic N) is 3. The van der Waals surface area contributed by atoms with E-state index in [0.717, 1.165) is 46.8 Å². The van der Waals surface area contributed by atoms with Gasteiger partial charge in [-0.2, -0.15) is 9.61 Å². The number of hydrogen-bond acceptors (Lipinski definition) is 4. The molecule has 0 saturated heterocycles. The van der Waals surface area contributed by atoms with Gasteiger partial charge in [-0.05, 0) is 34.8 Å². The zero-order valence-corrected chi connectivity index (χ0v) is 14.8. The molecule has 0 amide bonds. The van der Waals surface area contributed by atoms with Gasteiger partial charge in [0, 0.05) is 31.9 Å². The summed E-state index contributed by atoms with van der Waals surface area (Å²) in [5.41, 5.74) is 4.07. The first-order valence-corrected chi connectivity index (χ1v) is 8.33. The van der Waals surface area contributed by atoms with E-state index in [2.05, 4.69) is 45.4 Å². The quantitative estimate of drug-likeness (QED) is 0.664. The number of methoxy groups -OCH3 is 1. The predicted octanol–water partition coefficient (Wildman–Crippen LogP) is 3.92. The summed E-state index contributed by atoms with van der Waals surface area (Å²) in [6.07, 6.45) is 2.70. The van der Waals surface area contributed by atoms with Gasteiger partial charge >= 0.3 is 0 Å². The number of halogens is 1. The number of aryl methyl sites for hydroxylation is 1. The second-order valence-electron chi connectivity index (χ2n) is 5.34. The summed E-state index contributed by atoms with van der Waals surface area (Å²) in [6.45, 7) is 3.64. The van der Waals surface area contributed by atoms with Crippen molar-refractivity contribution in [3.63, 3.8) is 0 Å². The van der Waals surface area contributed by atoms with Gasteiger partial charge in [-0.1, -0.05) is 24.3 Å². The maximum absolute atomic E-state index is 5.10. The summed E-state index contributed by atoms with van der Waals surface area (Å²) < 4.78 is 7.80. The Morgan fingerprint density at radius 3 is 2.91 bits per heavy atom. The summed E-state index contributed by atoms with van der Waals surface area (Å²) in [5.74, 6) is 0.926. The molecule has 23 heavy (non-hydrogen) atoms. The van der Waals surface area contributed by atoms with Gasteiger partial charge in [-0.3, -0.25) is 0 Å². The fourth-order valence-corrected chi connectivity index (χ4v) is 2.84. The number of anilines is 1. The van der Waals surface area contributed by atoms with Crippen LogP contribution in [0.2, 0.25) is 0 Å². The SMILES string of the molecule is COCCCNc1cc(-c2ccccc2C)nc2c(Br)cnn12. The van der Waals surface area contributed by atoms with Crippen LogP contribution >= 0.6 is 15.9 Å². The van der Waals surface area contributed by atoms with Crippen molar-refractivity contribution < 1.29 is 4.74 Å². The summed E-state index contributed by atoms with van der Waals surface area (Å²) >= 11 is 3.53. The molecule has 0 spiro atoms. The molecule has 0 atom stereocenters. The predicted molar refractivity (Wildman–Crippen MR) is 95.8 cm³/mol. The molecule has 0 saturated carbocycles. The fraction of sp³-hybridized carbons (Fsp3) is 0.294. The van der Waals surface area contributed by atoms with Crippen molar-refractivity contribution in [2.75, 3.05) is 25.6 Å². The van der Waals surface area contributed by atoms with E-state index in [1.54, 1.807) is 13.3 Å². The Kier molecular flexibility index (Phi) is 4.93. The number of hydrogen-bond donors (Lipinski definition) is 1. The molecule has 120 valence electrons. The molecule has 5 nitrogen and oxygen atoms in total. The number of rotatable bonds is 6. The van der Waals surface area contributed by atoms with Crippen molar-refractivity contribution in [3.8, 4) is 11.3 Å². The van der Waals surface area contributed by atoms with Gasteiger partial charge < -0.3 is 10.1 Å². The molecule has 2 aromatic heterocycles. The topological polar surface area (TPSA) is 51.5 Å². The summed E-state index contributed by atoms with van der Waals surface area (Å²) in [6, 6.07) is 10.3.